The molecule has 0 rings (SSSR count). The molecule has 0 aliphatic rings. The van der Waals surface area contributed by atoms with E-state index in [2.05, 4.69) is 0 Å². The Morgan fingerprint density at radius 1 is 1.50 bits per heavy atom. The maximum atomic E-state index is 10.4. The van der Waals surface area contributed by atoms with Crippen LogP contribution in [0.1, 0.15) is 27.7 Å². The normalized spacial score (nSPS) is 14.6. The molecular weight excluding hydrogens is 128 g/mol. The zero-order valence-corrected chi connectivity index (χ0v) is 6.97. The number of ether oxygens (including phenoxy) is 1. The van der Waals surface area contributed by atoms with Crippen molar-refractivity contribution in [2.75, 3.05) is 0 Å². The smallest absolute Gasteiger partial charge is 0.303 e. The van der Waals surface area contributed by atoms with Crippen molar-refractivity contribution in [3.8, 4) is 0 Å². The molecule has 1 atom stereocenters. The van der Waals surface area contributed by atoms with Gasteiger partial charge in [-0.25, -0.2) is 0 Å². The highest BCUT2D eigenvalue weighted by atomic mass is 16.5. The van der Waals surface area contributed by atoms with Crippen LogP contribution < -0.4 is 0 Å². The lowest BCUT2D eigenvalue weighted by molar-refractivity contribution is -0.143. The van der Waals surface area contributed by atoms with Gasteiger partial charge in [-0.15, -0.1) is 0 Å². The molecule has 0 fully saturated rings. The maximum absolute atomic E-state index is 10.4. The van der Waals surface area contributed by atoms with Gasteiger partial charge < -0.3 is 4.74 Å². The largest absolute Gasteiger partial charge is 0.458 e. The molecule has 0 N–H and O–H groups in total. The second-order valence-corrected chi connectivity index (χ2v) is 2.28. The molecule has 0 heterocycles. The summed E-state index contributed by atoms with van der Waals surface area (Å²) in [6, 6.07) is 0. The third-order valence-corrected chi connectivity index (χ3v) is 1.44. The number of hydrogen-bond acceptors (Lipinski definition) is 2. The molecule has 0 amide bonds. The highest BCUT2D eigenvalue weighted by molar-refractivity contribution is 5.66. The van der Waals surface area contributed by atoms with Crippen LogP contribution in [-0.4, -0.2) is 12.1 Å². The quantitative estimate of drug-likeness (QED) is 0.435. The molecule has 58 valence electrons. The Hall–Kier alpha value is -0.790. The zero-order valence-electron chi connectivity index (χ0n) is 6.97. The van der Waals surface area contributed by atoms with E-state index in [0.717, 1.165) is 5.57 Å². The maximum Gasteiger partial charge on any atom is 0.303 e. The molecular formula is C8H14O2. The Bertz CT molecular complexity index is 147. The van der Waals surface area contributed by atoms with Gasteiger partial charge in [-0.05, 0) is 26.3 Å². The lowest BCUT2D eigenvalue weighted by Crippen LogP contribution is -2.12. The number of esters is 1. The standard InChI is InChI=1S/C8H14O2/c1-5-6(2)7(3)10-8(4)9/h5,7H,1-4H3/b6-5-. The third kappa shape index (κ3) is 3.28. The molecule has 0 saturated heterocycles. The fourth-order valence-corrected chi connectivity index (χ4v) is 0.577. The van der Waals surface area contributed by atoms with E-state index in [1.807, 2.05) is 26.8 Å². The fourth-order valence-electron chi connectivity index (χ4n) is 0.577. The Morgan fingerprint density at radius 3 is 2.30 bits per heavy atom. The van der Waals surface area contributed by atoms with Gasteiger partial charge in [0.1, 0.15) is 6.10 Å². The minimum absolute atomic E-state index is 0.0810. The van der Waals surface area contributed by atoms with E-state index in [0.29, 0.717) is 0 Å². The predicted octanol–water partition coefficient (Wildman–Crippen LogP) is 1.90. The van der Waals surface area contributed by atoms with Crippen molar-refractivity contribution in [3.63, 3.8) is 0 Å². The molecule has 10 heavy (non-hydrogen) atoms. The molecule has 0 aromatic rings. The Kier molecular flexibility index (Phi) is 3.77. The second-order valence-electron chi connectivity index (χ2n) is 2.28. The molecule has 0 aromatic carbocycles. The first-order valence-corrected chi connectivity index (χ1v) is 3.38. The summed E-state index contributed by atoms with van der Waals surface area (Å²) in [6.45, 7) is 7.14. The molecule has 0 spiro atoms. The van der Waals surface area contributed by atoms with Gasteiger partial charge in [-0.2, -0.15) is 0 Å². The van der Waals surface area contributed by atoms with E-state index in [1.165, 1.54) is 6.92 Å². The van der Waals surface area contributed by atoms with Crippen molar-refractivity contribution >= 4 is 5.97 Å². The van der Waals surface area contributed by atoms with Gasteiger partial charge in [0, 0.05) is 6.92 Å². The molecule has 1 unspecified atom stereocenters. The number of allylic oxidation sites excluding steroid dienone is 1. The van der Waals surface area contributed by atoms with E-state index in [1.54, 1.807) is 0 Å². The minimum Gasteiger partial charge on any atom is -0.458 e. The molecule has 0 aromatic heterocycles. The van der Waals surface area contributed by atoms with E-state index in [4.69, 9.17) is 4.74 Å². The first-order valence-electron chi connectivity index (χ1n) is 3.38. The molecule has 0 bridgehead atoms. The second kappa shape index (κ2) is 4.09. The summed E-state index contributed by atoms with van der Waals surface area (Å²) in [7, 11) is 0. The average Bonchev–Trinajstić information content (AvgIpc) is 1.85. The Morgan fingerprint density at radius 2 is 2.00 bits per heavy atom. The topological polar surface area (TPSA) is 26.3 Å². The van der Waals surface area contributed by atoms with Crippen LogP contribution in [0.25, 0.3) is 0 Å². The summed E-state index contributed by atoms with van der Waals surface area (Å²) < 4.78 is 4.90. The molecule has 0 radical (unpaired) electrons. The summed E-state index contributed by atoms with van der Waals surface area (Å²) >= 11 is 0. The Balaban J connectivity index is 3.85. The Labute approximate surface area is 61.9 Å². The number of hydrogen-bond donors (Lipinski definition) is 0. The molecule has 0 aliphatic carbocycles. The summed E-state index contributed by atoms with van der Waals surface area (Å²) in [5, 5.41) is 0. The van der Waals surface area contributed by atoms with Crippen LogP contribution in [0, 0.1) is 0 Å². The van der Waals surface area contributed by atoms with E-state index in [9.17, 15) is 4.79 Å². The van der Waals surface area contributed by atoms with Crippen molar-refractivity contribution in [3.05, 3.63) is 11.6 Å². The summed E-state index contributed by atoms with van der Waals surface area (Å²) in [6.07, 6.45) is 1.86. The van der Waals surface area contributed by atoms with E-state index < -0.39 is 0 Å². The molecule has 2 heteroatoms. The minimum atomic E-state index is -0.228. The first-order chi connectivity index (χ1) is 4.57. The van der Waals surface area contributed by atoms with Crippen molar-refractivity contribution < 1.29 is 9.53 Å². The summed E-state index contributed by atoms with van der Waals surface area (Å²) in [4.78, 5) is 10.4. The highest BCUT2D eigenvalue weighted by Gasteiger charge is 2.04. The van der Waals surface area contributed by atoms with Crippen molar-refractivity contribution in [2.24, 2.45) is 0 Å². The molecule has 0 aliphatic heterocycles. The lowest BCUT2D eigenvalue weighted by Gasteiger charge is -2.11. The highest BCUT2D eigenvalue weighted by Crippen LogP contribution is 2.04. The fraction of sp³-hybridized carbons (Fsp3) is 0.625. The lowest BCUT2D eigenvalue weighted by atomic mass is 10.2. The van der Waals surface area contributed by atoms with Crippen LogP contribution in [0.3, 0.4) is 0 Å². The summed E-state index contributed by atoms with van der Waals surface area (Å²) in [5.74, 6) is -0.228. The number of rotatable bonds is 2. The average molecular weight is 142 g/mol. The van der Waals surface area contributed by atoms with Gasteiger partial charge in [-0.1, -0.05) is 6.08 Å². The van der Waals surface area contributed by atoms with E-state index in [-0.39, 0.29) is 12.1 Å². The van der Waals surface area contributed by atoms with Gasteiger partial charge in [0.25, 0.3) is 0 Å². The summed E-state index contributed by atoms with van der Waals surface area (Å²) in [5.41, 5.74) is 1.08. The van der Waals surface area contributed by atoms with Crippen LogP contribution in [0.5, 0.6) is 0 Å². The predicted molar refractivity (Wildman–Crippen MR) is 40.7 cm³/mol. The van der Waals surface area contributed by atoms with Gasteiger partial charge in [-0.3, -0.25) is 4.79 Å². The molecule has 0 saturated carbocycles. The van der Waals surface area contributed by atoms with Gasteiger partial charge in [0.2, 0.25) is 0 Å². The van der Waals surface area contributed by atoms with Gasteiger partial charge in [0.05, 0.1) is 0 Å². The van der Waals surface area contributed by atoms with Gasteiger partial charge >= 0.3 is 5.97 Å². The van der Waals surface area contributed by atoms with Gasteiger partial charge in [0.15, 0.2) is 0 Å². The van der Waals surface area contributed by atoms with Crippen LogP contribution in [0.2, 0.25) is 0 Å². The van der Waals surface area contributed by atoms with Crippen molar-refractivity contribution in [1.82, 2.24) is 0 Å². The van der Waals surface area contributed by atoms with E-state index >= 15 is 0 Å². The van der Waals surface area contributed by atoms with Crippen LogP contribution in [-0.2, 0) is 9.53 Å². The van der Waals surface area contributed by atoms with Crippen LogP contribution in [0.15, 0.2) is 11.6 Å². The zero-order chi connectivity index (χ0) is 8.15. The SMILES string of the molecule is C/C=C(/C)C(C)OC(C)=O. The number of carbonyl (C=O) groups excluding carboxylic acids is 1. The first kappa shape index (κ1) is 9.21. The van der Waals surface area contributed by atoms with Crippen molar-refractivity contribution in [2.45, 2.75) is 33.8 Å². The third-order valence-electron chi connectivity index (χ3n) is 1.44. The van der Waals surface area contributed by atoms with Crippen molar-refractivity contribution in [1.29, 1.82) is 0 Å². The van der Waals surface area contributed by atoms with Crippen LogP contribution in [0.4, 0.5) is 0 Å². The monoisotopic (exact) mass is 142 g/mol. The van der Waals surface area contributed by atoms with Crippen LogP contribution >= 0.6 is 0 Å². The molecule has 2 nitrogen and oxygen atoms in total. The number of carbonyl (C=O) groups is 1.